The molecule has 28 heavy (non-hydrogen) atoms. The van der Waals surface area contributed by atoms with E-state index >= 15 is 0 Å². The van der Waals surface area contributed by atoms with Crippen molar-refractivity contribution < 1.29 is 18.4 Å². The fourth-order valence-corrected chi connectivity index (χ4v) is 3.29. The summed E-state index contributed by atoms with van der Waals surface area (Å²) in [6.07, 6.45) is -4.41. The lowest BCUT2D eigenvalue weighted by Gasteiger charge is -2.33. The number of rotatable bonds is 4. The molecule has 3 nitrogen and oxygen atoms in total. The Bertz CT molecular complexity index is 986. The first-order chi connectivity index (χ1) is 13.1. The van der Waals surface area contributed by atoms with Gasteiger partial charge in [0.2, 0.25) is 0 Å². The highest BCUT2D eigenvalue weighted by atomic mass is 79.9. The third kappa shape index (κ3) is 4.28. The molecule has 0 aromatic heterocycles. The number of aryl methyl sites for hydroxylation is 1. The molecule has 0 radical (unpaired) electrons. The summed E-state index contributed by atoms with van der Waals surface area (Å²) in [5.74, 6) is 0. The van der Waals surface area contributed by atoms with Crippen LogP contribution in [-0.2, 0) is 11.5 Å². The lowest BCUT2D eigenvalue weighted by molar-refractivity contribution is -0.137. The van der Waals surface area contributed by atoms with Crippen molar-refractivity contribution in [3.8, 4) is 11.1 Å². The van der Waals surface area contributed by atoms with E-state index in [4.69, 9.17) is 0 Å². The SMILES string of the molecule is Cc1cc(CBr)cc([N+]([O-])(O)c2cccc(-c3ccc(C(F)(F)F)cc3)c2)c1. The Labute approximate surface area is 168 Å². The molecule has 3 aromatic rings. The second-order valence-electron chi connectivity index (χ2n) is 6.51. The molecule has 1 atom stereocenters. The standard InChI is InChI=1S/C21H17BrF3NO2/c1-14-9-15(13-22)11-20(10-14)26(27,28)19-4-2-3-17(12-19)16-5-7-18(8-6-16)21(23,24)25/h2-12,27H,13H2,1H3. The van der Waals surface area contributed by atoms with Gasteiger partial charge >= 0.3 is 6.18 Å². The predicted octanol–water partition coefficient (Wildman–Crippen LogP) is 7.10. The van der Waals surface area contributed by atoms with E-state index in [2.05, 4.69) is 15.9 Å². The summed E-state index contributed by atoms with van der Waals surface area (Å²) >= 11 is 3.34. The molecule has 0 fully saturated rings. The van der Waals surface area contributed by atoms with Crippen molar-refractivity contribution in [2.24, 2.45) is 0 Å². The van der Waals surface area contributed by atoms with E-state index in [0.717, 1.165) is 23.3 Å². The zero-order valence-corrected chi connectivity index (χ0v) is 16.5. The van der Waals surface area contributed by atoms with Gasteiger partial charge in [-0.1, -0.05) is 46.3 Å². The van der Waals surface area contributed by atoms with Crippen LogP contribution in [0.15, 0.2) is 66.7 Å². The third-order valence-electron chi connectivity index (χ3n) is 4.37. The van der Waals surface area contributed by atoms with E-state index in [-0.39, 0.29) is 11.4 Å². The second kappa shape index (κ2) is 7.67. The van der Waals surface area contributed by atoms with E-state index in [1.54, 1.807) is 24.3 Å². The Morgan fingerprint density at radius 2 is 1.61 bits per heavy atom. The molecule has 0 aliphatic heterocycles. The van der Waals surface area contributed by atoms with Crippen LogP contribution in [0.25, 0.3) is 11.1 Å². The van der Waals surface area contributed by atoms with Crippen LogP contribution in [0.1, 0.15) is 16.7 Å². The molecule has 3 rings (SSSR count). The molecule has 7 heteroatoms. The van der Waals surface area contributed by atoms with Crippen LogP contribution in [-0.4, -0.2) is 5.21 Å². The number of alkyl halides is 4. The molecule has 0 spiro atoms. The molecular formula is C21H17BrF3NO2. The van der Waals surface area contributed by atoms with Crippen LogP contribution in [0.2, 0.25) is 0 Å². The van der Waals surface area contributed by atoms with E-state index in [1.807, 2.05) is 13.0 Å². The van der Waals surface area contributed by atoms with Gasteiger partial charge in [0, 0.05) is 29.6 Å². The minimum Gasteiger partial charge on any atom is -0.588 e. The maximum Gasteiger partial charge on any atom is 0.416 e. The largest absolute Gasteiger partial charge is 0.588 e. The van der Waals surface area contributed by atoms with Crippen molar-refractivity contribution >= 4 is 27.3 Å². The average molecular weight is 452 g/mol. The minimum atomic E-state index is -4.41. The summed E-state index contributed by atoms with van der Waals surface area (Å²) in [6, 6.07) is 16.0. The van der Waals surface area contributed by atoms with Crippen molar-refractivity contribution in [1.29, 1.82) is 0 Å². The van der Waals surface area contributed by atoms with Crippen molar-refractivity contribution in [2.45, 2.75) is 18.4 Å². The Hall–Kier alpha value is -2.19. The molecule has 0 saturated carbocycles. The summed E-state index contributed by atoms with van der Waals surface area (Å²) < 4.78 is 38.2. The molecule has 0 amide bonds. The van der Waals surface area contributed by atoms with E-state index in [0.29, 0.717) is 16.5 Å². The monoisotopic (exact) mass is 451 g/mol. The lowest BCUT2D eigenvalue weighted by atomic mass is 10.0. The molecule has 1 N–H and O–H groups in total. The third-order valence-corrected chi connectivity index (χ3v) is 5.02. The number of halogens is 4. The van der Waals surface area contributed by atoms with Crippen molar-refractivity contribution in [3.05, 3.63) is 88.6 Å². The highest BCUT2D eigenvalue weighted by molar-refractivity contribution is 9.08. The van der Waals surface area contributed by atoms with Gasteiger partial charge in [-0.25, -0.2) is 5.21 Å². The van der Waals surface area contributed by atoms with Gasteiger partial charge in [-0.15, -0.1) is 4.81 Å². The summed E-state index contributed by atoms with van der Waals surface area (Å²) in [5.41, 5.74) is 2.19. The number of benzene rings is 3. The first-order valence-electron chi connectivity index (χ1n) is 8.39. The highest BCUT2D eigenvalue weighted by Gasteiger charge is 2.30. The second-order valence-corrected chi connectivity index (χ2v) is 7.07. The van der Waals surface area contributed by atoms with Crippen molar-refractivity contribution in [1.82, 2.24) is 4.81 Å². The molecule has 0 aliphatic carbocycles. The molecule has 1 unspecified atom stereocenters. The Morgan fingerprint density at radius 3 is 2.21 bits per heavy atom. The first kappa shape index (κ1) is 20.5. The first-order valence-corrected chi connectivity index (χ1v) is 9.51. The molecule has 0 bridgehead atoms. The Balaban J connectivity index is 2.00. The lowest BCUT2D eigenvalue weighted by Crippen LogP contribution is -2.33. The zero-order valence-electron chi connectivity index (χ0n) is 14.9. The molecule has 146 valence electrons. The van der Waals surface area contributed by atoms with Gasteiger partial charge < -0.3 is 5.21 Å². The van der Waals surface area contributed by atoms with Gasteiger partial charge in [-0.2, -0.15) is 13.2 Å². The topological polar surface area (TPSA) is 43.3 Å². The van der Waals surface area contributed by atoms with Crippen LogP contribution >= 0.6 is 15.9 Å². The number of quaternary nitrogens is 1. The fourth-order valence-electron chi connectivity index (χ4n) is 2.97. The predicted molar refractivity (Wildman–Crippen MR) is 107 cm³/mol. The average Bonchev–Trinajstić information content (AvgIpc) is 2.67. The van der Waals surface area contributed by atoms with Crippen LogP contribution < -0.4 is 4.81 Å². The van der Waals surface area contributed by atoms with Crippen LogP contribution in [0.3, 0.4) is 0 Å². The number of hydrogen-bond acceptors (Lipinski definition) is 2. The molecule has 0 saturated heterocycles. The summed E-state index contributed by atoms with van der Waals surface area (Å²) in [7, 11) is 0. The van der Waals surface area contributed by atoms with Crippen LogP contribution in [0.5, 0.6) is 0 Å². The molecular weight excluding hydrogens is 435 g/mol. The summed E-state index contributed by atoms with van der Waals surface area (Å²) in [5, 5.41) is 24.2. The Kier molecular flexibility index (Phi) is 5.63. The van der Waals surface area contributed by atoms with Gasteiger partial charge in [0.15, 0.2) is 11.4 Å². The van der Waals surface area contributed by atoms with Crippen LogP contribution in [0, 0.1) is 12.1 Å². The molecule has 0 heterocycles. The smallest absolute Gasteiger partial charge is 0.416 e. The van der Waals surface area contributed by atoms with E-state index < -0.39 is 16.5 Å². The quantitative estimate of drug-likeness (QED) is 0.261. The van der Waals surface area contributed by atoms with Gasteiger partial charge in [0.25, 0.3) is 0 Å². The maximum atomic E-state index is 13.0. The van der Waals surface area contributed by atoms with E-state index in [1.165, 1.54) is 24.3 Å². The van der Waals surface area contributed by atoms with E-state index in [9.17, 15) is 23.6 Å². The summed E-state index contributed by atoms with van der Waals surface area (Å²) in [4.78, 5) is -1.71. The van der Waals surface area contributed by atoms with Crippen LogP contribution in [0.4, 0.5) is 24.5 Å². The van der Waals surface area contributed by atoms with Gasteiger partial charge in [0.1, 0.15) is 0 Å². The Morgan fingerprint density at radius 1 is 0.929 bits per heavy atom. The van der Waals surface area contributed by atoms with Crippen molar-refractivity contribution in [3.63, 3.8) is 0 Å². The van der Waals surface area contributed by atoms with Gasteiger partial charge in [0.05, 0.1) is 5.56 Å². The molecule has 3 aromatic carbocycles. The minimum absolute atomic E-state index is 0.0588. The summed E-state index contributed by atoms with van der Waals surface area (Å²) in [6.45, 7) is 1.83. The van der Waals surface area contributed by atoms with Gasteiger partial charge in [-0.3, -0.25) is 0 Å². The fraction of sp³-hybridized carbons (Fsp3) is 0.143. The number of nitrogens with zero attached hydrogens (tertiary/aromatic N) is 1. The highest BCUT2D eigenvalue weighted by Crippen LogP contribution is 2.36. The number of hydrogen-bond donors (Lipinski definition) is 1. The van der Waals surface area contributed by atoms with Crippen molar-refractivity contribution in [2.75, 3.05) is 0 Å². The zero-order chi connectivity index (χ0) is 20.5. The normalized spacial score (nSPS) is 14.0. The molecule has 0 aliphatic rings. The maximum absolute atomic E-state index is 13.0. The van der Waals surface area contributed by atoms with Gasteiger partial charge in [-0.05, 0) is 41.3 Å².